The van der Waals surface area contributed by atoms with Crippen LogP contribution in [0.1, 0.15) is 172 Å². The first-order chi connectivity index (χ1) is 44.5. The van der Waals surface area contributed by atoms with Crippen molar-refractivity contribution in [2.45, 2.75) is 105 Å². The van der Waals surface area contributed by atoms with Crippen molar-refractivity contribution in [2.75, 3.05) is 36.0 Å². The first-order valence-corrected chi connectivity index (χ1v) is 33.8. The van der Waals surface area contributed by atoms with Crippen LogP contribution in [0.4, 0.5) is 11.4 Å². The van der Waals surface area contributed by atoms with Crippen molar-refractivity contribution in [2.24, 2.45) is 23.7 Å². The number of nitrogens with zero attached hydrogens (tertiary/aromatic N) is 4. The maximum atomic E-state index is 2.72. The number of benzene rings is 10. The molecule has 0 N–H and O–H groups in total. The minimum Gasteiger partial charge on any atom is -0.371 e. The molecule has 1 heterocycles. The number of rotatable bonds is 28. The largest absolute Gasteiger partial charge is 0.371 e. The number of aromatic nitrogens is 2. The third-order valence-corrected chi connectivity index (χ3v) is 18.4. The Bertz CT molecular complexity index is 3300. The number of hydrogen-bond donors (Lipinski definition) is 0. The molecule has 1 aromatic heterocycles. The molecule has 0 unspecified atom stereocenters. The van der Waals surface area contributed by atoms with Gasteiger partial charge in [-0.25, -0.2) is 9.13 Å². The van der Waals surface area contributed by atoms with Gasteiger partial charge in [-0.15, -0.1) is 0 Å². The van der Waals surface area contributed by atoms with Crippen LogP contribution in [0.5, 0.6) is 0 Å². The molecule has 11 aromatic rings. The van der Waals surface area contributed by atoms with Crippen molar-refractivity contribution in [1.29, 1.82) is 0 Å². The van der Waals surface area contributed by atoms with E-state index in [-0.39, 0.29) is 23.7 Å². The second kappa shape index (κ2) is 30.7. The summed E-state index contributed by atoms with van der Waals surface area (Å²) in [5.74, 6) is 1.73. The predicted octanol–water partition coefficient (Wildman–Crippen LogP) is 21.3. The molecule has 0 aliphatic heterocycles. The molecule has 0 aliphatic carbocycles. The zero-order chi connectivity index (χ0) is 63.1. The van der Waals surface area contributed by atoms with Crippen LogP contribution in [0.15, 0.2) is 286 Å². The summed E-state index contributed by atoms with van der Waals surface area (Å²) in [5, 5.41) is 0. The highest BCUT2D eigenvalue weighted by Gasteiger charge is 2.36. The third-order valence-electron chi connectivity index (χ3n) is 18.4. The maximum absolute atomic E-state index is 2.72. The normalized spacial score (nSPS) is 11.8. The first kappa shape index (κ1) is 63.6. The van der Waals surface area contributed by atoms with Crippen molar-refractivity contribution in [1.82, 2.24) is 4.57 Å². The van der Waals surface area contributed by atoms with Crippen LogP contribution in [-0.2, 0) is 0 Å². The molecule has 11 rings (SSSR count). The fourth-order valence-corrected chi connectivity index (χ4v) is 13.6. The van der Waals surface area contributed by atoms with Gasteiger partial charge in [0, 0.05) is 83.5 Å². The summed E-state index contributed by atoms with van der Waals surface area (Å²) in [7, 11) is 0. The molecule has 462 valence electrons. The van der Waals surface area contributed by atoms with Crippen molar-refractivity contribution in [3.8, 4) is 11.4 Å². The highest BCUT2D eigenvalue weighted by Crippen LogP contribution is 2.47. The van der Waals surface area contributed by atoms with Crippen LogP contribution in [0.25, 0.3) is 11.4 Å². The summed E-state index contributed by atoms with van der Waals surface area (Å²) in [5.41, 5.74) is 20.0. The lowest BCUT2D eigenvalue weighted by Crippen LogP contribution is -2.34. The SMILES string of the molecule is CC(C)CCN(CCC(C)C)c1cc(C(c2ccccc2)c2ccccc2)c(-n2cc[n+](-c3c(C(c4ccccc4)c4ccccc4)cc(N(CCC(C)C)CCC(C)C)cc3C(c3ccccc3)c3ccccc3)c2)c(C(c2ccccc2)c2ccccc2)c1. The van der Waals surface area contributed by atoms with Crippen LogP contribution >= 0.6 is 0 Å². The Morgan fingerprint density at radius 3 is 0.747 bits per heavy atom. The van der Waals surface area contributed by atoms with Crippen LogP contribution in [0.3, 0.4) is 0 Å². The van der Waals surface area contributed by atoms with E-state index in [2.05, 4.69) is 360 Å². The molecule has 0 atom stereocenters. The van der Waals surface area contributed by atoms with E-state index in [4.69, 9.17) is 0 Å². The highest BCUT2D eigenvalue weighted by atomic mass is 15.2. The zero-order valence-corrected chi connectivity index (χ0v) is 55.2. The quantitative estimate of drug-likeness (QED) is 0.0359. The van der Waals surface area contributed by atoms with E-state index in [1.165, 1.54) is 89.5 Å². The molecular formula is C87H95N4+. The summed E-state index contributed by atoms with van der Waals surface area (Å²) in [6.45, 7) is 22.8. The van der Waals surface area contributed by atoms with Gasteiger partial charge >= 0.3 is 0 Å². The highest BCUT2D eigenvalue weighted by molar-refractivity contribution is 5.69. The Labute approximate surface area is 545 Å². The van der Waals surface area contributed by atoms with Gasteiger partial charge in [-0.3, -0.25) is 0 Å². The van der Waals surface area contributed by atoms with Gasteiger partial charge in [0.2, 0.25) is 0 Å². The summed E-state index contributed by atoms with van der Waals surface area (Å²) < 4.78 is 5.02. The van der Waals surface area contributed by atoms with Crippen LogP contribution in [0, 0.1) is 23.7 Å². The second-order valence-corrected chi connectivity index (χ2v) is 26.9. The molecule has 91 heavy (non-hydrogen) atoms. The van der Waals surface area contributed by atoms with Gasteiger partial charge in [-0.2, -0.15) is 0 Å². The Morgan fingerprint density at radius 2 is 0.516 bits per heavy atom. The lowest BCUT2D eigenvalue weighted by molar-refractivity contribution is -0.595. The van der Waals surface area contributed by atoms with Crippen LogP contribution < -0.4 is 14.4 Å². The molecule has 0 bridgehead atoms. The molecule has 4 heteroatoms. The lowest BCUT2D eigenvalue weighted by Gasteiger charge is -2.32. The summed E-state index contributed by atoms with van der Waals surface area (Å²) in [4.78, 5) is 5.44. The molecule has 0 radical (unpaired) electrons. The van der Waals surface area contributed by atoms with E-state index in [1.54, 1.807) is 0 Å². The van der Waals surface area contributed by atoms with Gasteiger partial charge < -0.3 is 9.80 Å². The molecule has 0 saturated carbocycles. The smallest absolute Gasteiger partial charge is 0.254 e. The number of hydrogen-bond acceptors (Lipinski definition) is 2. The third kappa shape index (κ3) is 15.6. The van der Waals surface area contributed by atoms with Gasteiger partial charge in [0.1, 0.15) is 23.8 Å². The molecule has 0 fully saturated rings. The van der Waals surface area contributed by atoms with Gasteiger partial charge in [0.05, 0.1) is 0 Å². The van der Waals surface area contributed by atoms with Crippen molar-refractivity contribution >= 4 is 11.4 Å². The Hall–Kier alpha value is -8.99. The summed E-state index contributed by atoms with van der Waals surface area (Å²) in [6, 6.07) is 101. The van der Waals surface area contributed by atoms with Gasteiger partial charge in [0.15, 0.2) is 0 Å². The molecule has 0 spiro atoms. The van der Waals surface area contributed by atoms with E-state index >= 15 is 0 Å². The lowest BCUT2D eigenvalue weighted by atomic mass is 9.78. The molecule has 10 aromatic carbocycles. The van der Waals surface area contributed by atoms with Gasteiger partial charge in [0.25, 0.3) is 6.33 Å². The minimum atomic E-state index is -0.120. The zero-order valence-electron chi connectivity index (χ0n) is 55.2. The van der Waals surface area contributed by atoms with Crippen LogP contribution in [0.2, 0.25) is 0 Å². The Morgan fingerprint density at radius 1 is 0.297 bits per heavy atom. The number of imidazole rings is 1. The standard InChI is InChI=1S/C87H95N4/c1-64(2)49-53-88(54-50-65(3)4)76-59-78(82(68-33-17-9-18-34-68)69-35-19-10-20-36-69)86(79(60-76)83(70-37-21-11-22-38-70)71-39-23-12-24-40-71)90-57-58-91(63-90)87-80(84(72-41-25-13-26-42-72)73-43-27-14-28-44-73)61-77(89(55-51-66(5)6)56-52-67(7)8)62-81(87)85(74-45-29-15-30-46-74)75-47-31-16-32-48-75/h9-48,57-67,82-85H,49-56H2,1-8H3/q+1. The Kier molecular flexibility index (Phi) is 21.4. The second-order valence-electron chi connectivity index (χ2n) is 26.9. The van der Waals surface area contributed by atoms with E-state index in [0.717, 1.165) is 51.9 Å². The maximum Gasteiger partial charge on any atom is 0.254 e. The van der Waals surface area contributed by atoms with Gasteiger partial charge in [-0.05, 0) is 118 Å². The van der Waals surface area contributed by atoms with E-state index < -0.39 is 0 Å². The topological polar surface area (TPSA) is 15.3 Å². The van der Waals surface area contributed by atoms with Gasteiger partial charge in [-0.1, -0.05) is 298 Å². The van der Waals surface area contributed by atoms with E-state index in [1.807, 2.05) is 0 Å². The van der Waals surface area contributed by atoms with E-state index in [0.29, 0.717) is 23.7 Å². The molecule has 4 nitrogen and oxygen atoms in total. The van der Waals surface area contributed by atoms with Crippen molar-refractivity contribution in [3.63, 3.8) is 0 Å². The first-order valence-electron chi connectivity index (χ1n) is 33.8. The monoisotopic (exact) mass is 1200 g/mol. The minimum absolute atomic E-state index is 0.120. The summed E-state index contributed by atoms with van der Waals surface area (Å²) >= 11 is 0. The fraction of sp³-hybridized carbons (Fsp3) is 0.276. The van der Waals surface area contributed by atoms with Crippen molar-refractivity contribution < 1.29 is 4.57 Å². The summed E-state index contributed by atoms with van der Waals surface area (Å²) in [6.07, 6.45) is 11.6. The average molecular weight is 1200 g/mol. The average Bonchev–Trinajstić information content (AvgIpc) is 1.73. The number of anilines is 2. The van der Waals surface area contributed by atoms with E-state index in [9.17, 15) is 0 Å². The fourth-order valence-electron chi connectivity index (χ4n) is 13.6. The van der Waals surface area contributed by atoms with Crippen LogP contribution in [-0.4, -0.2) is 30.7 Å². The molecule has 0 aliphatic rings. The molecule has 0 saturated heterocycles. The van der Waals surface area contributed by atoms with Crippen molar-refractivity contribution in [3.05, 3.63) is 352 Å². The molecular weight excluding hydrogens is 1100 g/mol. The Balaban J connectivity index is 1.30. The predicted molar refractivity (Wildman–Crippen MR) is 385 cm³/mol. The molecule has 0 amide bonds.